The summed E-state index contributed by atoms with van der Waals surface area (Å²) in [7, 11) is 1.36. The van der Waals surface area contributed by atoms with Crippen LogP contribution in [-0.2, 0) is 6.42 Å². The average Bonchev–Trinajstić information content (AvgIpc) is 2.85. The summed E-state index contributed by atoms with van der Waals surface area (Å²) in [4.78, 5) is 9.23. The minimum atomic E-state index is -4.26. The molecule has 0 bridgehead atoms. The highest BCUT2D eigenvalue weighted by molar-refractivity contribution is 5.13. The number of rotatable bonds is 5. The summed E-state index contributed by atoms with van der Waals surface area (Å²) in [5.41, 5.74) is 0.904. The lowest BCUT2D eigenvalue weighted by Crippen LogP contribution is -2.33. The first-order chi connectivity index (χ1) is 9.85. The maximum atomic E-state index is 12.4. The molecule has 0 radical (unpaired) electrons. The van der Waals surface area contributed by atoms with Crippen LogP contribution in [0.1, 0.15) is 30.2 Å². The second kappa shape index (κ2) is 6.21. The number of halogens is 3. The van der Waals surface area contributed by atoms with Crippen LogP contribution in [0.3, 0.4) is 0 Å². The Bertz CT molecular complexity index is 570. The molecule has 0 fully saturated rings. The molecule has 5 nitrogen and oxygen atoms in total. The summed E-state index contributed by atoms with van der Waals surface area (Å²) >= 11 is 0. The van der Waals surface area contributed by atoms with E-state index >= 15 is 0 Å². The lowest BCUT2D eigenvalue weighted by Gasteiger charge is -2.22. The summed E-state index contributed by atoms with van der Waals surface area (Å²) in [5, 5.41) is 3.79. The van der Waals surface area contributed by atoms with Crippen molar-refractivity contribution < 1.29 is 17.7 Å². The van der Waals surface area contributed by atoms with E-state index in [9.17, 15) is 13.2 Å². The Morgan fingerprint density at radius 3 is 2.76 bits per heavy atom. The Labute approximate surface area is 119 Å². The van der Waals surface area contributed by atoms with Crippen molar-refractivity contribution in [1.29, 1.82) is 0 Å². The molecule has 0 aliphatic carbocycles. The first kappa shape index (κ1) is 15.4. The molecule has 2 aromatic heterocycles. The summed E-state index contributed by atoms with van der Waals surface area (Å²) in [6, 6.07) is 3.04. The molecule has 0 aliphatic heterocycles. The minimum absolute atomic E-state index is 0.167. The molecule has 2 rings (SSSR count). The molecule has 0 N–H and O–H groups in total. The molecule has 1 unspecified atom stereocenters. The molecule has 8 heteroatoms. The van der Waals surface area contributed by atoms with Crippen LogP contribution in [0.25, 0.3) is 0 Å². The molecule has 2 heterocycles. The predicted octanol–water partition coefficient (Wildman–Crippen LogP) is 2.61. The normalized spacial score (nSPS) is 13.6. The van der Waals surface area contributed by atoms with Gasteiger partial charge in [0.2, 0.25) is 5.89 Å². The molecular formula is C13H15F3N4O. The van der Waals surface area contributed by atoms with Crippen LogP contribution in [-0.4, -0.2) is 39.8 Å². The first-order valence-electron chi connectivity index (χ1n) is 6.33. The van der Waals surface area contributed by atoms with Crippen molar-refractivity contribution in [1.82, 2.24) is 20.0 Å². The monoisotopic (exact) mass is 300 g/mol. The van der Waals surface area contributed by atoms with Gasteiger partial charge in [0, 0.05) is 18.8 Å². The minimum Gasteiger partial charge on any atom is -0.338 e. The highest BCUT2D eigenvalue weighted by Gasteiger charge is 2.32. The Morgan fingerprint density at radius 1 is 1.38 bits per heavy atom. The van der Waals surface area contributed by atoms with Gasteiger partial charge < -0.3 is 4.52 Å². The Kier molecular flexibility index (Phi) is 4.56. The second-order valence-corrected chi connectivity index (χ2v) is 4.79. The molecular weight excluding hydrogens is 285 g/mol. The van der Waals surface area contributed by atoms with Crippen molar-refractivity contribution in [3.05, 3.63) is 41.8 Å². The molecule has 0 aromatic carbocycles. The van der Waals surface area contributed by atoms with Gasteiger partial charge in [-0.25, -0.2) is 0 Å². The lowest BCUT2D eigenvalue weighted by molar-refractivity contribution is -0.147. The largest absolute Gasteiger partial charge is 0.401 e. The zero-order valence-electron chi connectivity index (χ0n) is 11.6. The first-order valence-corrected chi connectivity index (χ1v) is 6.33. The van der Waals surface area contributed by atoms with Crippen molar-refractivity contribution >= 4 is 0 Å². The summed E-state index contributed by atoms with van der Waals surface area (Å²) < 4.78 is 42.1. The van der Waals surface area contributed by atoms with E-state index in [4.69, 9.17) is 4.52 Å². The Hall–Kier alpha value is -1.96. The zero-order chi connectivity index (χ0) is 15.5. The molecule has 0 aliphatic rings. The van der Waals surface area contributed by atoms with Crippen molar-refractivity contribution in [2.24, 2.45) is 0 Å². The van der Waals surface area contributed by atoms with Gasteiger partial charge in [0.1, 0.15) is 0 Å². The fourth-order valence-corrected chi connectivity index (χ4v) is 1.80. The summed E-state index contributed by atoms with van der Waals surface area (Å²) in [6.45, 7) is 0.557. The number of alkyl halides is 3. The van der Waals surface area contributed by atoms with E-state index in [-0.39, 0.29) is 5.89 Å². The van der Waals surface area contributed by atoms with E-state index in [2.05, 4.69) is 15.1 Å². The number of aromatic nitrogens is 3. The van der Waals surface area contributed by atoms with Crippen LogP contribution in [0, 0.1) is 0 Å². The predicted molar refractivity (Wildman–Crippen MR) is 68.4 cm³/mol. The molecule has 2 aromatic rings. The molecule has 0 saturated heterocycles. The van der Waals surface area contributed by atoms with Crippen LogP contribution >= 0.6 is 0 Å². The van der Waals surface area contributed by atoms with E-state index in [0.29, 0.717) is 12.2 Å². The summed E-state index contributed by atoms with van der Waals surface area (Å²) in [5.74, 6) is 0.589. The highest BCUT2D eigenvalue weighted by Crippen LogP contribution is 2.23. The van der Waals surface area contributed by atoms with Gasteiger partial charge in [0.15, 0.2) is 5.82 Å². The van der Waals surface area contributed by atoms with Gasteiger partial charge in [-0.1, -0.05) is 11.2 Å². The lowest BCUT2D eigenvalue weighted by atomic mass is 10.2. The van der Waals surface area contributed by atoms with Crippen molar-refractivity contribution in [3.8, 4) is 0 Å². The van der Waals surface area contributed by atoms with E-state index in [0.717, 1.165) is 10.5 Å². The zero-order valence-corrected chi connectivity index (χ0v) is 11.6. The van der Waals surface area contributed by atoms with Crippen LogP contribution < -0.4 is 0 Å². The summed E-state index contributed by atoms with van der Waals surface area (Å²) in [6.07, 6.45) is -0.511. The Balaban J connectivity index is 2.02. The van der Waals surface area contributed by atoms with Gasteiger partial charge >= 0.3 is 6.18 Å². The smallest absolute Gasteiger partial charge is 0.338 e. The quantitative estimate of drug-likeness (QED) is 0.849. The fourth-order valence-electron chi connectivity index (χ4n) is 1.80. The second-order valence-electron chi connectivity index (χ2n) is 4.79. The Morgan fingerprint density at radius 2 is 2.14 bits per heavy atom. The van der Waals surface area contributed by atoms with Crippen LogP contribution in [0.15, 0.2) is 29.0 Å². The molecule has 0 saturated carbocycles. The van der Waals surface area contributed by atoms with Crippen molar-refractivity contribution in [2.45, 2.75) is 25.6 Å². The number of nitrogens with zero attached hydrogens (tertiary/aromatic N) is 4. The van der Waals surface area contributed by atoms with Gasteiger partial charge in [-0.3, -0.25) is 9.88 Å². The number of pyridine rings is 1. The standard InChI is InChI=1S/C13H15F3N4O/c1-9(20(2)8-13(14,15)16)12-18-11(19-21-12)6-10-4-3-5-17-7-10/h3-5,7,9H,6,8H2,1-2H3. The number of hydrogen-bond donors (Lipinski definition) is 0. The number of hydrogen-bond acceptors (Lipinski definition) is 5. The highest BCUT2D eigenvalue weighted by atomic mass is 19.4. The van der Waals surface area contributed by atoms with E-state index in [1.165, 1.54) is 7.05 Å². The van der Waals surface area contributed by atoms with E-state index < -0.39 is 18.8 Å². The van der Waals surface area contributed by atoms with Gasteiger partial charge in [0.25, 0.3) is 0 Å². The topological polar surface area (TPSA) is 55.1 Å². The van der Waals surface area contributed by atoms with E-state index in [1.54, 1.807) is 25.4 Å². The molecule has 21 heavy (non-hydrogen) atoms. The van der Waals surface area contributed by atoms with E-state index in [1.807, 2.05) is 6.07 Å². The van der Waals surface area contributed by atoms with Gasteiger partial charge in [-0.2, -0.15) is 18.2 Å². The van der Waals surface area contributed by atoms with Crippen LogP contribution in [0.4, 0.5) is 13.2 Å². The van der Waals surface area contributed by atoms with Crippen LogP contribution in [0.2, 0.25) is 0 Å². The maximum Gasteiger partial charge on any atom is 0.401 e. The average molecular weight is 300 g/mol. The molecule has 0 spiro atoms. The van der Waals surface area contributed by atoms with Crippen molar-refractivity contribution in [2.75, 3.05) is 13.6 Å². The molecule has 1 atom stereocenters. The third-order valence-electron chi connectivity index (χ3n) is 3.02. The molecule has 0 amide bonds. The fraction of sp³-hybridized carbons (Fsp3) is 0.462. The third kappa shape index (κ3) is 4.52. The molecule has 114 valence electrons. The SMILES string of the molecule is CC(c1nc(Cc2cccnc2)no1)N(C)CC(F)(F)F. The van der Waals surface area contributed by atoms with Gasteiger partial charge in [-0.15, -0.1) is 0 Å². The maximum absolute atomic E-state index is 12.4. The van der Waals surface area contributed by atoms with Crippen molar-refractivity contribution in [3.63, 3.8) is 0 Å². The van der Waals surface area contributed by atoms with Crippen LogP contribution in [0.5, 0.6) is 0 Å². The van der Waals surface area contributed by atoms with Gasteiger partial charge in [0.05, 0.1) is 12.6 Å². The third-order valence-corrected chi connectivity index (χ3v) is 3.02. The van der Waals surface area contributed by atoms with Gasteiger partial charge in [-0.05, 0) is 25.6 Å².